The van der Waals surface area contributed by atoms with Crippen molar-refractivity contribution in [2.75, 3.05) is 10.6 Å². The lowest BCUT2D eigenvalue weighted by molar-refractivity contribution is -0.122. The molecule has 29 heavy (non-hydrogen) atoms. The van der Waals surface area contributed by atoms with Gasteiger partial charge in [0, 0.05) is 0 Å². The Labute approximate surface area is 171 Å². The van der Waals surface area contributed by atoms with E-state index < -0.39 is 0 Å². The molecule has 2 unspecified atom stereocenters. The number of nitrogens with one attached hydrogen (secondary N) is 2. The van der Waals surface area contributed by atoms with Crippen LogP contribution in [0.25, 0.3) is 0 Å². The maximum Gasteiger partial charge on any atom is 0.228 e. The second kappa shape index (κ2) is 8.99. The Kier molecular flexibility index (Phi) is 6.42. The summed E-state index contributed by atoms with van der Waals surface area (Å²) in [6.07, 6.45) is 0.527. The smallest absolute Gasteiger partial charge is 0.228 e. The van der Waals surface area contributed by atoms with Gasteiger partial charge in [-0.25, -0.2) is 0 Å². The largest absolute Gasteiger partial charge is 0.489 e. The van der Waals surface area contributed by atoms with Crippen LogP contribution < -0.4 is 20.1 Å². The second-order valence-corrected chi connectivity index (χ2v) is 7.75. The molecule has 0 saturated heterocycles. The molecule has 0 aliphatic heterocycles. The average molecular weight is 396 g/mol. The van der Waals surface area contributed by atoms with E-state index in [-0.39, 0.29) is 35.9 Å². The molecule has 0 aromatic heterocycles. The Balaban J connectivity index is 1.60. The van der Waals surface area contributed by atoms with Crippen LogP contribution in [0.3, 0.4) is 0 Å². The van der Waals surface area contributed by atoms with Gasteiger partial charge < -0.3 is 20.1 Å². The Morgan fingerprint density at radius 3 is 1.52 bits per heavy atom. The monoisotopic (exact) mass is 396 g/mol. The highest BCUT2D eigenvalue weighted by atomic mass is 16.5. The van der Waals surface area contributed by atoms with Gasteiger partial charge in [-0.2, -0.15) is 0 Å². The van der Waals surface area contributed by atoms with E-state index in [9.17, 15) is 9.59 Å². The van der Waals surface area contributed by atoms with Crippen LogP contribution in [0.4, 0.5) is 11.4 Å². The van der Waals surface area contributed by atoms with Crippen LogP contribution in [0.15, 0.2) is 48.5 Å². The predicted molar refractivity (Wildman–Crippen MR) is 113 cm³/mol. The maximum absolute atomic E-state index is 12.6. The number of anilines is 2. The van der Waals surface area contributed by atoms with E-state index in [2.05, 4.69) is 10.6 Å². The Morgan fingerprint density at radius 1 is 0.759 bits per heavy atom. The lowest BCUT2D eigenvalue weighted by Gasteiger charge is -2.15. The summed E-state index contributed by atoms with van der Waals surface area (Å²) in [6, 6.07) is 14.6. The number of hydrogen-bond acceptors (Lipinski definition) is 4. The first kappa shape index (κ1) is 20.7. The van der Waals surface area contributed by atoms with Crippen molar-refractivity contribution in [1.29, 1.82) is 0 Å². The molecule has 1 aliphatic rings. The van der Waals surface area contributed by atoms with Gasteiger partial charge in [-0.05, 0) is 58.4 Å². The number of amides is 2. The second-order valence-electron chi connectivity index (χ2n) is 7.75. The van der Waals surface area contributed by atoms with Crippen LogP contribution in [0, 0.1) is 11.8 Å². The molecule has 2 amide bonds. The summed E-state index contributed by atoms with van der Waals surface area (Å²) in [5.41, 5.74) is 1.24. The zero-order valence-electron chi connectivity index (χ0n) is 17.3. The predicted octanol–water partition coefficient (Wildman–Crippen LogP) is 4.47. The highest BCUT2D eigenvalue weighted by molar-refractivity contribution is 6.04. The molecule has 2 aromatic carbocycles. The van der Waals surface area contributed by atoms with Crippen LogP contribution >= 0.6 is 0 Å². The quantitative estimate of drug-likeness (QED) is 0.690. The molecule has 2 aromatic rings. The molecule has 1 saturated carbocycles. The normalized spacial score (nSPS) is 17.7. The van der Waals surface area contributed by atoms with E-state index in [0.29, 0.717) is 29.3 Å². The molecule has 1 fully saturated rings. The highest BCUT2D eigenvalue weighted by Crippen LogP contribution is 2.41. The summed E-state index contributed by atoms with van der Waals surface area (Å²) in [5.74, 6) is 0.212. The molecular weight excluding hydrogens is 368 g/mol. The summed E-state index contributed by atoms with van der Waals surface area (Å²) in [6.45, 7) is 7.73. The van der Waals surface area contributed by atoms with Gasteiger partial charge in [0.2, 0.25) is 11.8 Å². The highest BCUT2D eigenvalue weighted by Gasteiger charge is 2.48. The lowest BCUT2D eigenvalue weighted by Crippen LogP contribution is -2.21. The molecule has 1 aliphatic carbocycles. The molecule has 6 nitrogen and oxygen atoms in total. The Morgan fingerprint density at radius 2 is 1.14 bits per heavy atom. The molecule has 2 atom stereocenters. The third-order valence-corrected chi connectivity index (χ3v) is 4.48. The average Bonchev–Trinajstić information content (AvgIpc) is 3.45. The van der Waals surface area contributed by atoms with Crippen molar-refractivity contribution in [1.82, 2.24) is 0 Å². The van der Waals surface area contributed by atoms with E-state index in [1.54, 1.807) is 12.1 Å². The number of rotatable bonds is 8. The van der Waals surface area contributed by atoms with Gasteiger partial charge >= 0.3 is 0 Å². The van der Waals surface area contributed by atoms with Gasteiger partial charge in [-0.15, -0.1) is 0 Å². The number of benzene rings is 2. The number of hydrogen-bond donors (Lipinski definition) is 2. The van der Waals surface area contributed by atoms with Crippen molar-refractivity contribution in [3.05, 3.63) is 48.5 Å². The molecule has 2 N–H and O–H groups in total. The fraction of sp³-hybridized carbons (Fsp3) is 0.391. The van der Waals surface area contributed by atoms with Gasteiger partial charge in [0.15, 0.2) is 0 Å². The van der Waals surface area contributed by atoms with Crippen molar-refractivity contribution in [2.45, 2.75) is 46.3 Å². The summed E-state index contributed by atoms with van der Waals surface area (Å²) in [4.78, 5) is 25.2. The zero-order chi connectivity index (χ0) is 21.0. The van der Waals surface area contributed by atoms with E-state index in [1.807, 2.05) is 64.1 Å². The molecule has 0 spiro atoms. The van der Waals surface area contributed by atoms with E-state index in [1.165, 1.54) is 0 Å². The van der Waals surface area contributed by atoms with E-state index >= 15 is 0 Å². The van der Waals surface area contributed by atoms with Gasteiger partial charge in [-0.1, -0.05) is 24.3 Å². The van der Waals surface area contributed by atoms with Crippen LogP contribution in [0.1, 0.15) is 34.1 Å². The Hall–Kier alpha value is -3.02. The molecule has 3 rings (SSSR count). The molecule has 0 heterocycles. The van der Waals surface area contributed by atoms with Crippen LogP contribution in [0.2, 0.25) is 0 Å². The molecule has 0 radical (unpaired) electrons. The third kappa shape index (κ3) is 5.50. The first-order valence-corrected chi connectivity index (χ1v) is 9.98. The van der Waals surface area contributed by atoms with E-state index in [4.69, 9.17) is 9.47 Å². The first-order valence-electron chi connectivity index (χ1n) is 9.98. The van der Waals surface area contributed by atoms with Crippen molar-refractivity contribution >= 4 is 23.2 Å². The maximum atomic E-state index is 12.6. The van der Waals surface area contributed by atoms with Crippen molar-refractivity contribution in [3.8, 4) is 11.5 Å². The summed E-state index contributed by atoms with van der Waals surface area (Å²) in [5, 5.41) is 5.79. The standard InChI is InChI=1S/C23H28N2O4/c1-14(2)28-20-11-7-5-9-18(20)24-22(26)16-13-17(16)23(27)25-19-10-6-8-12-21(19)29-15(3)4/h5-12,14-17H,13H2,1-4H3,(H,24,26)(H,25,27). The number of carbonyl (C=O) groups is 2. The molecule has 154 valence electrons. The Bertz CT molecular complexity index is 807. The lowest BCUT2D eigenvalue weighted by atomic mass is 10.2. The summed E-state index contributed by atoms with van der Waals surface area (Å²) in [7, 11) is 0. The van der Waals surface area contributed by atoms with Gasteiger partial charge in [0.25, 0.3) is 0 Å². The molecule has 6 heteroatoms. The van der Waals surface area contributed by atoms with Crippen molar-refractivity contribution in [2.24, 2.45) is 11.8 Å². The zero-order valence-corrected chi connectivity index (χ0v) is 17.3. The topological polar surface area (TPSA) is 76.7 Å². The van der Waals surface area contributed by atoms with Crippen LogP contribution in [0.5, 0.6) is 11.5 Å². The van der Waals surface area contributed by atoms with Gasteiger partial charge in [0.1, 0.15) is 11.5 Å². The summed E-state index contributed by atoms with van der Waals surface area (Å²) < 4.78 is 11.5. The fourth-order valence-corrected chi connectivity index (χ4v) is 3.08. The third-order valence-electron chi connectivity index (χ3n) is 4.48. The SMILES string of the molecule is CC(C)Oc1ccccc1NC(=O)C1CC1C(=O)Nc1ccccc1OC(C)C. The van der Waals surface area contributed by atoms with Crippen LogP contribution in [-0.4, -0.2) is 24.0 Å². The number of carbonyl (C=O) groups excluding carboxylic acids is 2. The minimum absolute atomic E-state index is 0.000583. The first-order chi connectivity index (χ1) is 13.8. The molecular formula is C23H28N2O4. The van der Waals surface area contributed by atoms with Crippen LogP contribution in [-0.2, 0) is 9.59 Å². The summed E-state index contributed by atoms with van der Waals surface area (Å²) >= 11 is 0. The van der Waals surface area contributed by atoms with Crippen molar-refractivity contribution in [3.63, 3.8) is 0 Å². The van der Waals surface area contributed by atoms with Crippen molar-refractivity contribution < 1.29 is 19.1 Å². The molecule has 0 bridgehead atoms. The number of para-hydroxylation sites is 4. The van der Waals surface area contributed by atoms with E-state index in [0.717, 1.165) is 0 Å². The fourth-order valence-electron chi connectivity index (χ4n) is 3.08. The van der Waals surface area contributed by atoms with Gasteiger partial charge in [-0.3, -0.25) is 9.59 Å². The number of ether oxygens (including phenoxy) is 2. The minimum Gasteiger partial charge on any atom is -0.489 e. The van der Waals surface area contributed by atoms with Gasteiger partial charge in [0.05, 0.1) is 35.4 Å². The minimum atomic E-state index is -0.347.